The third-order valence-corrected chi connectivity index (χ3v) is 4.66. The number of aryl methyl sites for hydroxylation is 1. The monoisotopic (exact) mass is 521 g/mol. The molecular weight excluding hydrogens is 493 g/mol. The van der Waals surface area contributed by atoms with Gasteiger partial charge in [-0.3, -0.25) is 9.79 Å². The number of carbonyl (C=O) groups is 1. The first kappa shape index (κ1) is 23.5. The molecule has 0 aliphatic heterocycles. The number of aromatic nitrogens is 1. The van der Waals surface area contributed by atoms with Crippen molar-refractivity contribution < 1.29 is 9.53 Å². The molecule has 0 unspecified atom stereocenters. The van der Waals surface area contributed by atoms with Gasteiger partial charge in [-0.1, -0.05) is 30.3 Å². The molecule has 0 aliphatic rings. The number of aliphatic imine (C=N–C) groups is 1. The van der Waals surface area contributed by atoms with E-state index in [-0.39, 0.29) is 30.6 Å². The number of halogens is 1. The van der Waals surface area contributed by atoms with Gasteiger partial charge in [-0.05, 0) is 42.7 Å². The maximum absolute atomic E-state index is 10.8. The fraction of sp³-hybridized carbons (Fsp3) is 0.273. The van der Waals surface area contributed by atoms with Crippen molar-refractivity contribution in [3.8, 4) is 5.75 Å². The fourth-order valence-electron chi connectivity index (χ4n) is 3.27. The fourth-order valence-corrected chi connectivity index (χ4v) is 3.27. The highest BCUT2D eigenvalue weighted by molar-refractivity contribution is 14.0. The highest BCUT2D eigenvalue weighted by atomic mass is 127. The van der Waals surface area contributed by atoms with Crippen LogP contribution < -0.4 is 21.1 Å². The number of hydrogen-bond acceptors (Lipinski definition) is 3. The molecule has 1 amide bonds. The molecule has 0 atom stereocenters. The predicted molar refractivity (Wildman–Crippen MR) is 131 cm³/mol. The second-order valence-corrected chi connectivity index (χ2v) is 6.78. The van der Waals surface area contributed by atoms with E-state index in [9.17, 15) is 4.79 Å². The average Bonchev–Trinajstić information content (AvgIpc) is 3.04. The average molecular weight is 521 g/mol. The Balaban J connectivity index is 0.00000320. The minimum Gasteiger partial charge on any atom is -0.484 e. The van der Waals surface area contributed by atoms with E-state index in [4.69, 9.17) is 10.5 Å². The van der Waals surface area contributed by atoms with Crippen molar-refractivity contribution in [1.82, 2.24) is 15.6 Å². The van der Waals surface area contributed by atoms with E-state index in [0.29, 0.717) is 12.3 Å². The Kier molecular flexibility index (Phi) is 8.97. The highest BCUT2D eigenvalue weighted by Crippen LogP contribution is 2.21. The first-order valence-corrected chi connectivity index (χ1v) is 9.57. The molecule has 0 fully saturated rings. The van der Waals surface area contributed by atoms with E-state index in [0.717, 1.165) is 24.5 Å². The zero-order chi connectivity index (χ0) is 20.6. The smallest absolute Gasteiger partial charge is 0.255 e. The van der Waals surface area contributed by atoms with Crippen molar-refractivity contribution in [2.45, 2.75) is 19.9 Å². The van der Waals surface area contributed by atoms with Crippen LogP contribution in [-0.2, 0) is 17.8 Å². The van der Waals surface area contributed by atoms with Crippen molar-refractivity contribution in [2.24, 2.45) is 10.7 Å². The van der Waals surface area contributed by atoms with Crippen LogP contribution in [0.15, 0.2) is 53.5 Å². The molecular formula is C22H28IN5O2. The molecule has 0 bridgehead atoms. The van der Waals surface area contributed by atoms with Gasteiger partial charge in [0.2, 0.25) is 0 Å². The summed E-state index contributed by atoms with van der Waals surface area (Å²) in [4.78, 5) is 18.6. The summed E-state index contributed by atoms with van der Waals surface area (Å²) in [6.45, 7) is 3.33. The number of guanidine groups is 1. The topological polar surface area (TPSA) is 105 Å². The van der Waals surface area contributed by atoms with Crippen LogP contribution in [0.25, 0.3) is 10.9 Å². The number of benzene rings is 2. The van der Waals surface area contributed by atoms with Crippen LogP contribution in [-0.4, -0.2) is 37.1 Å². The number of ether oxygens (including phenoxy) is 1. The number of hydrogen-bond donors (Lipinski definition) is 4. The number of para-hydroxylation sites is 1. The molecule has 8 heteroatoms. The second kappa shape index (κ2) is 11.4. The van der Waals surface area contributed by atoms with E-state index < -0.39 is 5.91 Å². The maximum atomic E-state index is 10.8. The molecule has 1 heterocycles. The number of nitrogens with one attached hydrogen (secondary N) is 3. The standard InChI is InChI=1S/C22H27N5O2.HI/c1-15-18(19-8-3-4-9-20(19)27-15)10-11-25-22(24-2)26-13-16-6-5-7-17(12-16)29-14-21(23)28;/h3-9,12,27H,10-11,13-14H2,1-2H3,(H2,23,28)(H2,24,25,26);1H. The molecule has 0 saturated heterocycles. The normalized spacial score (nSPS) is 11.1. The Bertz CT molecular complexity index is 1020. The summed E-state index contributed by atoms with van der Waals surface area (Å²) in [6, 6.07) is 15.9. The van der Waals surface area contributed by atoms with Crippen molar-refractivity contribution >= 4 is 46.7 Å². The maximum Gasteiger partial charge on any atom is 0.255 e. The molecule has 0 aliphatic carbocycles. The van der Waals surface area contributed by atoms with Gasteiger partial charge in [-0.2, -0.15) is 0 Å². The lowest BCUT2D eigenvalue weighted by Crippen LogP contribution is -2.37. The highest BCUT2D eigenvalue weighted by Gasteiger charge is 2.08. The van der Waals surface area contributed by atoms with E-state index in [1.54, 1.807) is 13.1 Å². The molecule has 1 aromatic heterocycles. The van der Waals surface area contributed by atoms with Crippen molar-refractivity contribution in [2.75, 3.05) is 20.2 Å². The third-order valence-electron chi connectivity index (χ3n) is 4.66. The van der Waals surface area contributed by atoms with Crippen LogP contribution in [0.1, 0.15) is 16.8 Å². The summed E-state index contributed by atoms with van der Waals surface area (Å²) in [6.07, 6.45) is 0.896. The van der Waals surface area contributed by atoms with Gasteiger partial charge in [0.25, 0.3) is 5.91 Å². The summed E-state index contributed by atoms with van der Waals surface area (Å²) >= 11 is 0. The van der Waals surface area contributed by atoms with E-state index >= 15 is 0 Å². The number of carbonyl (C=O) groups excluding carboxylic acids is 1. The summed E-state index contributed by atoms with van der Waals surface area (Å²) in [5.74, 6) is 0.843. The molecule has 30 heavy (non-hydrogen) atoms. The van der Waals surface area contributed by atoms with E-state index in [1.807, 2.05) is 24.3 Å². The third kappa shape index (κ3) is 6.38. The lowest BCUT2D eigenvalue weighted by molar-refractivity contribution is -0.119. The zero-order valence-corrected chi connectivity index (χ0v) is 19.5. The van der Waals surface area contributed by atoms with E-state index in [1.165, 1.54) is 22.2 Å². The van der Waals surface area contributed by atoms with Crippen LogP contribution in [0.4, 0.5) is 0 Å². The second-order valence-electron chi connectivity index (χ2n) is 6.78. The molecule has 0 spiro atoms. The number of fused-ring (bicyclic) bond motifs is 1. The largest absolute Gasteiger partial charge is 0.484 e. The number of H-pyrrole nitrogens is 1. The molecule has 0 radical (unpaired) electrons. The van der Waals surface area contributed by atoms with Crippen LogP contribution >= 0.6 is 24.0 Å². The summed E-state index contributed by atoms with van der Waals surface area (Å²) in [5.41, 5.74) is 9.82. The van der Waals surface area contributed by atoms with Crippen LogP contribution in [0.2, 0.25) is 0 Å². The predicted octanol–water partition coefficient (Wildman–Crippen LogP) is 2.87. The molecule has 5 N–H and O–H groups in total. The number of nitrogens with zero attached hydrogens (tertiary/aromatic N) is 1. The van der Waals surface area contributed by atoms with Gasteiger partial charge in [0, 0.05) is 36.7 Å². The molecule has 0 saturated carbocycles. The summed E-state index contributed by atoms with van der Waals surface area (Å²) in [5, 5.41) is 7.92. The van der Waals surface area contributed by atoms with Crippen molar-refractivity contribution in [3.63, 3.8) is 0 Å². The molecule has 3 rings (SSSR count). The number of aromatic amines is 1. The molecule has 7 nitrogen and oxygen atoms in total. The van der Waals surface area contributed by atoms with Gasteiger partial charge in [0.1, 0.15) is 5.75 Å². The van der Waals surface area contributed by atoms with Gasteiger partial charge < -0.3 is 26.1 Å². The van der Waals surface area contributed by atoms with Gasteiger partial charge in [-0.15, -0.1) is 24.0 Å². The molecule has 160 valence electrons. The summed E-state index contributed by atoms with van der Waals surface area (Å²) < 4.78 is 5.34. The van der Waals surface area contributed by atoms with Crippen LogP contribution in [0.5, 0.6) is 5.75 Å². The van der Waals surface area contributed by atoms with Crippen molar-refractivity contribution in [3.05, 3.63) is 65.4 Å². The number of rotatable bonds is 8. The Morgan fingerprint density at radius 3 is 2.73 bits per heavy atom. The zero-order valence-electron chi connectivity index (χ0n) is 17.2. The van der Waals surface area contributed by atoms with Crippen LogP contribution in [0.3, 0.4) is 0 Å². The SMILES string of the molecule is CN=C(NCCc1c(C)[nH]c2ccccc12)NCc1cccc(OCC(N)=O)c1.I. The Labute approximate surface area is 193 Å². The minimum absolute atomic E-state index is 0. The minimum atomic E-state index is -0.497. The van der Waals surface area contributed by atoms with E-state index in [2.05, 4.69) is 45.7 Å². The van der Waals surface area contributed by atoms with Crippen molar-refractivity contribution in [1.29, 1.82) is 0 Å². The van der Waals surface area contributed by atoms with Gasteiger partial charge in [0.05, 0.1) is 0 Å². The van der Waals surface area contributed by atoms with Gasteiger partial charge in [-0.25, -0.2) is 0 Å². The number of primary amides is 1. The Hall–Kier alpha value is -2.75. The molecule has 2 aromatic carbocycles. The van der Waals surface area contributed by atoms with Gasteiger partial charge in [0.15, 0.2) is 12.6 Å². The first-order valence-electron chi connectivity index (χ1n) is 9.57. The Morgan fingerprint density at radius 1 is 1.17 bits per heavy atom. The number of nitrogens with two attached hydrogens (primary N) is 1. The summed E-state index contributed by atoms with van der Waals surface area (Å²) in [7, 11) is 1.75. The molecule has 3 aromatic rings. The lowest BCUT2D eigenvalue weighted by Gasteiger charge is -2.13. The quantitative estimate of drug-likeness (QED) is 0.208. The lowest BCUT2D eigenvalue weighted by atomic mass is 10.1. The van der Waals surface area contributed by atoms with Gasteiger partial charge >= 0.3 is 0 Å². The number of amides is 1. The first-order chi connectivity index (χ1) is 14.1. The Morgan fingerprint density at radius 2 is 1.97 bits per heavy atom. The van der Waals surface area contributed by atoms with Crippen LogP contribution in [0, 0.1) is 6.92 Å².